The molecule has 0 amide bonds. The molecule has 0 aromatic carbocycles. The Balaban J connectivity index is 2.02. The van der Waals surface area contributed by atoms with Crippen molar-refractivity contribution in [3.8, 4) is 0 Å². The molecule has 0 aromatic rings. The number of amidine groups is 1. The van der Waals surface area contributed by atoms with Gasteiger partial charge in [-0.05, 0) is 25.9 Å². The van der Waals surface area contributed by atoms with Crippen molar-refractivity contribution in [3.63, 3.8) is 0 Å². The quantitative estimate of drug-likeness (QED) is 0.391. The van der Waals surface area contributed by atoms with E-state index in [1.807, 2.05) is 0 Å². The second kappa shape index (κ2) is 5.96. The largest absolute Gasteiger partial charge is 0.356 e. The fourth-order valence-corrected chi connectivity index (χ4v) is 2.45. The molecule has 2 heterocycles. The molecule has 0 saturated carbocycles. The molecule has 2 fully saturated rings. The number of piperidine rings is 1. The number of hydrogen-bond donors (Lipinski definition) is 2. The lowest BCUT2D eigenvalue weighted by Crippen LogP contribution is -2.49. The summed E-state index contributed by atoms with van der Waals surface area (Å²) >= 11 is 0. The molecule has 0 bridgehead atoms. The summed E-state index contributed by atoms with van der Waals surface area (Å²) < 4.78 is 0. The van der Waals surface area contributed by atoms with Crippen molar-refractivity contribution in [1.82, 2.24) is 15.5 Å². The Hall–Kier alpha value is -0.940. The topological polar surface area (TPSA) is 52.0 Å². The van der Waals surface area contributed by atoms with Gasteiger partial charge in [-0.15, -0.1) is 5.10 Å². The van der Waals surface area contributed by atoms with Crippen LogP contribution in [0.3, 0.4) is 0 Å². The summed E-state index contributed by atoms with van der Waals surface area (Å²) in [5.41, 5.74) is 0. The SMILES string of the molecule is C=N/N=C(/C1CCNCC1)N1CCNCC1. The maximum absolute atomic E-state index is 4.27. The highest BCUT2D eigenvalue weighted by Crippen LogP contribution is 2.17. The van der Waals surface area contributed by atoms with Crippen molar-refractivity contribution in [2.45, 2.75) is 12.8 Å². The van der Waals surface area contributed by atoms with Crippen LogP contribution in [0.15, 0.2) is 10.2 Å². The average molecular weight is 223 g/mol. The van der Waals surface area contributed by atoms with Crippen LogP contribution >= 0.6 is 0 Å². The molecule has 0 unspecified atom stereocenters. The van der Waals surface area contributed by atoms with Crippen LogP contribution in [0.4, 0.5) is 0 Å². The lowest BCUT2D eigenvalue weighted by molar-refractivity contribution is 0.323. The number of nitrogens with zero attached hydrogens (tertiary/aromatic N) is 3. The summed E-state index contributed by atoms with van der Waals surface area (Å²) in [6, 6.07) is 0. The van der Waals surface area contributed by atoms with Crippen LogP contribution in [0.5, 0.6) is 0 Å². The Kier molecular flexibility index (Phi) is 4.30. The smallest absolute Gasteiger partial charge is 0.130 e. The van der Waals surface area contributed by atoms with Crippen LogP contribution in [-0.4, -0.2) is 56.7 Å². The zero-order valence-corrected chi connectivity index (χ0v) is 9.78. The Labute approximate surface area is 97.0 Å². The van der Waals surface area contributed by atoms with Crippen molar-refractivity contribution >= 4 is 12.6 Å². The van der Waals surface area contributed by atoms with E-state index < -0.39 is 0 Å². The normalized spacial score (nSPS) is 24.5. The average Bonchev–Trinajstić information content (AvgIpc) is 2.38. The van der Waals surface area contributed by atoms with Gasteiger partial charge in [0.15, 0.2) is 0 Å². The van der Waals surface area contributed by atoms with Gasteiger partial charge >= 0.3 is 0 Å². The van der Waals surface area contributed by atoms with E-state index in [1.54, 1.807) is 0 Å². The third kappa shape index (κ3) is 2.80. The van der Waals surface area contributed by atoms with Crippen molar-refractivity contribution in [1.29, 1.82) is 0 Å². The first-order valence-corrected chi connectivity index (χ1v) is 6.12. The van der Waals surface area contributed by atoms with Gasteiger partial charge in [0.05, 0.1) is 0 Å². The van der Waals surface area contributed by atoms with E-state index in [-0.39, 0.29) is 0 Å². The predicted molar refractivity (Wildman–Crippen MR) is 67.0 cm³/mol. The molecule has 2 rings (SSSR count). The molecular formula is C11H21N5. The number of piperazine rings is 1. The molecule has 0 aliphatic carbocycles. The minimum Gasteiger partial charge on any atom is -0.356 e. The van der Waals surface area contributed by atoms with Crippen LogP contribution in [0.2, 0.25) is 0 Å². The van der Waals surface area contributed by atoms with E-state index in [0.29, 0.717) is 5.92 Å². The first-order chi connectivity index (χ1) is 7.92. The molecule has 16 heavy (non-hydrogen) atoms. The summed E-state index contributed by atoms with van der Waals surface area (Å²) in [7, 11) is 0. The second-order valence-corrected chi connectivity index (χ2v) is 4.36. The van der Waals surface area contributed by atoms with E-state index in [2.05, 4.69) is 32.5 Å². The molecule has 5 nitrogen and oxygen atoms in total. The second-order valence-electron chi connectivity index (χ2n) is 4.36. The number of hydrogen-bond acceptors (Lipinski definition) is 4. The molecule has 0 spiro atoms. The van der Waals surface area contributed by atoms with Gasteiger partial charge in [0.2, 0.25) is 0 Å². The van der Waals surface area contributed by atoms with Gasteiger partial charge in [0.25, 0.3) is 0 Å². The van der Waals surface area contributed by atoms with Crippen LogP contribution in [0, 0.1) is 5.92 Å². The fourth-order valence-electron chi connectivity index (χ4n) is 2.45. The lowest BCUT2D eigenvalue weighted by atomic mass is 9.95. The first kappa shape index (κ1) is 11.5. The van der Waals surface area contributed by atoms with Gasteiger partial charge in [-0.2, -0.15) is 5.10 Å². The Morgan fingerprint density at radius 3 is 2.31 bits per heavy atom. The maximum Gasteiger partial charge on any atom is 0.130 e. The molecule has 5 heteroatoms. The lowest BCUT2D eigenvalue weighted by Gasteiger charge is -2.35. The zero-order valence-electron chi connectivity index (χ0n) is 9.78. The predicted octanol–water partition coefficient (Wildman–Crippen LogP) is -0.0947. The van der Waals surface area contributed by atoms with Crippen molar-refractivity contribution in [2.24, 2.45) is 16.1 Å². The Morgan fingerprint density at radius 2 is 1.69 bits per heavy atom. The molecule has 0 radical (unpaired) electrons. The minimum absolute atomic E-state index is 0.560. The highest BCUT2D eigenvalue weighted by molar-refractivity contribution is 5.85. The first-order valence-electron chi connectivity index (χ1n) is 6.12. The van der Waals surface area contributed by atoms with Crippen molar-refractivity contribution in [2.75, 3.05) is 39.3 Å². The zero-order chi connectivity index (χ0) is 11.2. The van der Waals surface area contributed by atoms with E-state index in [4.69, 9.17) is 0 Å². The highest BCUT2D eigenvalue weighted by atomic mass is 15.3. The molecule has 2 N–H and O–H groups in total. The number of rotatable bonds is 2. The third-order valence-electron chi connectivity index (χ3n) is 3.32. The monoisotopic (exact) mass is 223 g/mol. The van der Waals surface area contributed by atoms with Gasteiger partial charge < -0.3 is 15.5 Å². The van der Waals surface area contributed by atoms with Gasteiger partial charge in [0.1, 0.15) is 5.84 Å². The van der Waals surface area contributed by atoms with Crippen LogP contribution in [-0.2, 0) is 0 Å². The van der Waals surface area contributed by atoms with E-state index in [0.717, 1.165) is 57.9 Å². The van der Waals surface area contributed by atoms with Crippen molar-refractivity contribution < 1.29 is 0 Å². The maximum atomic E-state index is 4.27. The third-order valence-corrected chi connectivity index (χ3v) is 3.32. The van der Waals surface area contributed by atoms with Crippen LogP contribution in [0.25, 0.3) is 0 Å². The van der Waals surface area contributed by atoms with Gasteiger partial charge in [0, 0.05) is 38.8 Å². The van der Waals surface area contributed by atoms with Gasteiger partial charge in [-0.25, -0.2) is 0 Å². The molecule has 0 atom stereocenters. The van der Waals surface area contributed by atoms with Crippen LogP contribution in [0.1, 0.15) is 12.8 Å². The van der Waals surface area contributed by atoms with E-state index >= 15 is 0 Å². The summed E-state index contributed by atoms with van der Waals surface area (Å²) in [5.74, 6) is 1.71. The van der Waals surface area contributed by atoms with E-state index in [9.17, 15) is 0 Å². The Bertz CT molecular complexity index is 231. The summed E-state index contributed by atoms with van der Waals surface area (Å²) in [4.78, 5) is 2.36. The summed E-state index contributed by atoms with van der Waals surface area (Å²) in [6.45, 7) is 9.84. The molecule has 2 saturated heterocycles. The van der Waals surface area contributed by atoms with Gasteiger partial charge in [-0.3, -0.25) is 0 Å². The van der Waals surface area contributed by atoms with Crippen molar-refractivity contribution in [3.05, 3.63) is 0 Å². The molecule has 90 valence electrons. The van der Waals surface area contributed by atoms with E-state index in [1.165, 1.54) is 0 Å². The molecule has 0 aromatic heterocycles. The molecular weight excluding hydrogens is 202 g/mol. The molecule has 2 aliphatic heterocycles. The standard InChI is InChI=1S/C11H21N5/c1-12-15-11(10-2-4-13-5-3-10)16-8-6-14-7-9-16/h10,13-14H,1-9H2/b15-11-. The summed E-state index contributed by atoms with van der Waals surface area (Å²) in [6.07, 6.45) is 2.33. The highest BCUT2D eigenvalue weighted by Gasteiger charge is 2.25. The Morgan fingerprint density at radius 1 is 1.06 bits per heavy atom. The van der Waals surface area contributed by atoms with Gasteiger partial charge in [-0.1, -0.05) is 0 Å². The fraction of sp³-hybridized carbons (Fsp3) is 0.818. The minimum atomic E-state index is 0.560. The number of nitrogens with one attached hydrogen (secondary N) is 2. The van der Waals surface area contributed by atoms with Crippen LogP contribution < -0.4 is 10.6 Å². The molecule has 2 aliphatic rings. The summed E-state index contributed by atoms with van der Waals surface area (Å²) in [5, 5.41) is 14.8.